The molecule has 0 radical (unpaired) electrons. The molecule has 2 aromatic rings. The highest BCUT2D eigenvalue weighted by molar-refractivity contribution is 6.62. The number of aryl methyl sites for hydroxylation is 1. The zero-order chi connectivity index (χ0) is 17.5. The van der Waals surface area contributed by atoms with Gasteiger partial charge in [0, 0.05) is 20.3 Å². The van der Waals surface area contributed by atoms with E-state index in [1.165, 1.54) is 0 Å². The molecule has 1 aliphatic rings. The Balaban J connectivity index is 1.94. The minimum absolute atomic E-state index is 0.354. The maximum Gasteiger partial charge on any atom is 0.494 e. The molecule has 2 heterocycles. The van der Waals surface area contributed by atoms with Gasteiger partial charge < -0.3 is 18.5 Å². The lowest BCUT2D eigenvalue weighted by Gasteiger charge is -2.32. The fourth-order valence-electron chi connectivity index (χ4n) is 2.78. The van der Waals surface area contributed by atoms with Crippen LogP contribution in [0.4, 0.5) is 0 Å². The van der Waals surface area contributed by atoms with Crippen LogP contribution in [-0.2, 0) is 20.6 Å². The zero-order valence-electron chi connectivity index (χ0n) is 14.9. The number of hydrogen-bond donors (Lipinski definition) is 0. The third kappa shape index (κ3) is 2.92. The third-order valence-electron chi connectivity index (χ3n) is 4.95. The normalized spacial score (nSPS) is 19.3. The molecule has 0 bridgehead atoms. The highest BCUT2D eigenvalue weighted by Gasteiger charge is 2.51. The number of fused-ring (bicyclic) bond motifs is 1. The minimum Gasteiger partial charge on any atom is -0.408 e. The molecular formula is C17H24BNO5. The first-order chi connectivity index (χ1) is 11.2. The lowest BCUT2D eigenvalue weighted by atomic mass is 9.79. The second-order valence-electron chi connectivity index (χ2n) is 7.18. The van der Waals surface area contributed by atoms with Crippen molar-refractivity contribution in [1.29, 1.82) is 0 Å². The SMILES string of the molecule is COCCCn1c(=O)oc2ccc(B3OC(C)(C)C(C)(C)O3)cc21. The van der Waals surface area contributed by atoms with Crippen molar-refractivity contribution in [3.8, 4) is 0 Å². The van der Waals surface area contributed by atoms with Crippen LogP contribution in [0.2, 0.25) is 0 Å². The van der Waals surface area contributed by atoms with Crippen molar-refractivity contribution in [2.24, 2.45) is 0 Å². The van der Waals surface area contributed by atoms with Crippen LogP contribution in [0, 0.1) is 0 Å². The van der Waals surface area contributed by atoms with Gasteiger partial charge in [-0.15, -0.1) is 0 Å². The molecule has 7 heteroatoms. The van der Waals surface area contributed by atoms with Gasteiger partial charge in [0.1, 0.15) is 0 Å². The third-order valence-corrected chi connectivity index (χ3v) is 4.95. The predicted molar refractivity (Wildman–Crippen MR) is 92.7 cm³/mol. The molecule has 1 aromatic heterocycles. The molecule has 130 valence electrons. The first-order valence-electron chi connectivity index (χ1n) is 8.23. The van der Waals surface area contributed by atoms with Gasteiger partial charge in [-0.3, -0.25) is 4.57 Å². The highest BCUT2D eigenvalue weighted by atomic mass is 16.7. The summed E-state index contributed by atoms with van der Waals surface area (Å²) in [5.41, 5.74) is 1.39. The van der Waals surface area contributed by atoms with Crippen LogP contribution in [0.1, 0.15) is 34.1 Å². The van der Waals surface area contributed by atoms with E-state index in [0.29, 0.717) is 18.7 Å². The number of hydrogen-bond acceptors (Lipinski definition) is 5. The van der Waals surface area contributed by atoms with Crippen molar-refractivity contribution in [1.82, 2.24) is 4.57 Å². The Bertz CT molecular complexity index is 776. The Labute approximate surface area is 141 Å². The monoisotopic (exact) mass is 333 g/mol. The Kier molecular flexibility index (Phi) is 4.36. The fourth-order valence-corrected chi connectivity index (χ4v) is 2.78. The molecule has 0 atom stereocenters. The van der Waals surface area contributed by atoms with Gasteiger partial charge in [0.15, 0.2) is 5.58 Å². The Hall–Kier alpha value is -1.57. The van der Waals surface area contributed by atoms with E-state index in [0.717, 1.165) is 17.4 Å². The van der Waals surface area contributed by atoms with E-state index in [9.17, 15) is 4.79 Å². The average Bonchev–Trinajstić information content (AvgIpc) is 2.92. The van der Waals surface area contributed by atoms with E-state index in [-0.39, 0.29) is 5.76 Å². The van der Waals surface area contributed by atoms with Gasteiger partial charge in [-0.25, -0.2) is 4.79 Å². The van der Waals surface area contributed by atoms with Crippen molar-refractivity contribution in [3.63, 3.8) is 0 Å². The van der Waals surface area contributed by atoms with Crippen LogP contribution in [0.15, 0.2) is 27.4 Å². The van der Waals surface area contributed by atoms with Crippen molar-refractivity contribution in [3.05, 3.63) is 28.7 Å². The number of rotatable bonds is 5. The lowest BCUT2D eigenvalue weighted by Crippen LogP contribution is -2.41. The van der Waals surface area contributed by atoms with Crippen molar-refractivity contribution in [2.75, 3.05) is 13.7 Å². The van der Waals surface area contributed by atoms with Crippen LogP contribution >= 0.6 is 0 Å². The molecule has 6 nitrogen and oxygen atoms in total. The van der Waals surface area contributed by atoms with Gasteiger partial charge in [-0.2, -0.15) is 0 Å². The van der Waals surface area contributed by atoms with Crippen LogP contribution in [0.25, 0.3) is 11.1 Å². The molecule has 3 rings (SSSR count). The fraction of sp³-hybridized carbons (Fsp3) is 0.588. The van der Waals surface area contributed by atoms with Gasteiger partial charge in [0.05, 0.1) is 16.7 Å². The molecule has 0 aliphatic carbocycles. The number of benzene rings is 1. The van der Waals surface area contributed by atoms with E-state index in [1.54, 1.807) is 17.7 Å². The molecule has 1 fully saturated rings. The summed E-state index contributed by atoms with van der Waals surface area (Å²) in [5, 5.41) is 0. The molecule has 0 amide bonds. The largest absolute Gasteiger partial charge is 0.494 e. The first kappa shape index (κ1) is 17.3. The standard InChI is InChI=1S/C17H24BNO5/c1-16(2)17(3,4)24-18(23-16)12-7-8-14-13(11-12)19(15(20)22-14)9-6-10-21-5/h7-8,11H,6,9-10H2,1-5H3. The van der Waals surface area contributed by atoms with Crippen LogP contribution in [-0.4, -0.2) is 36.6 Å². The maximum absolute atomic E-state index is 12.1. The van der Waals surface area contributed by atoms with Crippen molar-refractivity contribution < 1.29 is 18.5 Å². The number of nitrogens with zero attached hydrogens (tertiary/aromatic N) is 1. The van der Waals surface area contributed by atoms with Gasteiger partial charge in [0.25, 0.3) is 0 Å². The number of oxazole rings is 1. The van der Waals surface area contributed by atoms with E-state index >= 15 is 0 Å². The van der Waals surface area contributed by atoms with Gasteiger partial charge in [0.2, 0.25) is 0 Å². The van der Waals surface area contributed by atoms with Crippen molar-refractivity contribution in [2.45, 2.75) is 51.9 Å². The van der Waals surface area contributed by atoms with Crippen molar-refractivity contribution >= 4 is 23.7 Å². The van der Waals surface area contributed by atoms with E-state index in [1.807, 2.05) is 39.8 Å². The number of ether oxygens (including phenoxy) is 1. The summed E-state index contributed by atoms with van der Waals surface area (Å²) >= 11 is 0. The number of methoxy groups -OCH3 is 1. The van der Waals surface area contributed by atoms with Gasteiger partial charge in [-0.1, -0.05) is 6.07 Å². The molecular weight excluding hydrogens is 309 g/mol. The summed E-state index contributed by atoms with van der Waals surface area (Å²) in [4.78, 5) is 12.1. The van der Waals surface area contributed by atoms with E-state index in [2.05, 4.69) is 0 Å². The molecule has 1 aliphatic heterocycles. The van der Waals surface area contributed by atoms with Gasteiger partial charge in [-0.05, 0) is 51.7 Å². The topological polar surface area (TPSA) is 62.8 Å². The summed E-state index contributed by atoms with van der Waals surface area (Å²) in [6.45, 7) is 9.21. The second-order valence-corrected chi connectivity index (χ2v) is 7.18. The summed E-state index contributed by atoms with van der Waals surface area (Å²) in [7, 11) is 1.18. The van der Waals surface area contributed by atoms with E-state index in [4.69, 9.17) is 18.5 Å². The molecule has 1 aromatic carbocycles. The summed E-state index contributed by atoms with van der Waals surface area (Å²) in [5.74, 6) is -0.354. The average molecular weight is 333 g/mol. The smallest absolute Gasteiger partial charge is 0.408 e. The lowest BCUT2D eigenvalue weighted by molar-refractivity contribution is 0.00578. The van der Waals surface area contributed by atoms with Crippen LogP contribution in [0.3, 0.4) is 0 Å². The van der Waals surface area contributed by atoms with Gasteiger partial charge >= 0.3 is 12.9 Å². The maximum atomic E-state index is 12.1. The van der Waals surface area contributed by atoms with Crippen LogP contribution < -0.4 is 11.2 Å². The summed E-state index contributed by atoms with van der Waals surface area (Å²) in [6.07, 6.45) is 0.742. The summed E-state index contributed by atoms with van der Waals surface area (Å²) < 4.78 is 24.2. The second kappa shape index (κ2) is 6.06. The van der Waals surface area contributed by atoms with Crippen LogP contribution in [0.5, 0.6) is 0 Å². The Morgan fingerprint density at radius 1 is 1.17 bits per heavy atom. The first-order valence-corrected chi connectivity index (χ1v) is 8.23. The number of aromatic nitrogens is 1. The summed E-state index contributed by atoms with van der Waals surface area (Å²) in [6, 6.07) is 5.59. The Morgan fingerprint density at radius 3 is 2.46 bits per heavy atom. The molecule has 24 heavy (non-hydrogen) atoms. The Morgan fingerprint density at radius 2 is 1.83 bits per heavy atom. The molecule has 0 unspecified atom stereocenters. The molecule has 1 saturated heterocycles. The van der Waals surface area contributed by atoms with E-state index < -0.39 is 18.3 Å². The predicted octanol–water partition coefficient (Wildman–Crippen LogP) is 1.93. The highest BCUT2D eigenvalue weighted by Crippen LogP contribution is 2.36. The zero-order valence-corrected chi connectivity index (χ0v) is 14.9. The minimum atomic E-state index is -0.461. The quantitative estimate of drug-likeness (QED) is 0.618. The molecule has 0 saturated carbocycles. The molecule has 0 spiro atoms. The molecule has 0 N–H and O–H groups in total.